The minimum Gasteiger partial charge on any atom is -0.480 e. The van der Waals surface area contributed by atoms with Crippen LogP contribution in [-0.2, 0) is 14.3 Å². The number of aliphatic carboxylic acids is 1. The molecule has 0 fully saturated rings. The molecule has 148 valence electrons. The van der Waals surface area contributed by atoms with Crippen LogP contribution in [0.15, 0.2) is 54.6 Å². The van der Waals surface area contributed by atoms with Crippen LogP contribution in [0.25, 0.3) is 11.1 Å². The molecular weight excluding hydrogens is 362 g/mol. The molecule has 1 amide bonds. The van der Waals surface area contributed by atoms with Crippen LogP contribution in [0, 0.1) is 0 Å². The Morgan fingerprint density at radius 2 is 1.54 bits per heavy atom. The van der Waals surface area contributed by atoms with Crippen LogP contribution in [0.3, 0.4) is 0 Å². The highest BCUT2D eigenvalue weighted by Crippen LogP contribution is 2.24. The van der Waals surface area contributed by atoms with Crippen molar-refractivity contribution in [3.8, 4) is 11.1 Å². The molecule has 2 aromatic carbocycles. The van der Waals surface area contributed by atoms with Gasteiger partial charge in [-0.05, 0) is 38.0 Å². The second-order valence-electron chi connectivity index (χ2n) is 7.02. The Kier molecular flexibility index (Phi) is 6.76. The number of carboxylic acid groups (broad SMARTS) is 1. The third-order valence-electron chi connectivity index (χ3n) is 3.93. The fourth-order valence-electron chi connectivity index (χ4n) is 2.53. The number of nitrogens with zero attached hydrogens (tertiary/aromatic N) is 1. The van der Waals surface area contributed by atoms with E-state index in [9.17, 15) is 14.4 Å². The molecule has 28 heavy (non-hydrogen) atoms. The van der Waals surface area contributed by atoms with Crippen LogP contribution >= 0.6 is 0 Å². The first-order valence-electron chi connectivity index (χ1n) is 8.68. The molecule has 0 aromatic heterocycles. The summed E-state index contributed by atoms with van der Waals surface area (Å²) in [6.45, 7) is 3.90. The van der Waals surface area contributed by atoms with E-state index in [4.69, 9.17) is 14.6 Å². The van der Waals surface area contributed by atoms with E-state index in [2.05, 4.69) is 0 Å². The normalized spacial score (nSPS) is 10.8. The maximum Gasteiger partial charge on any atom is 0.413 e. The standard InChI is InChI=1S/C21H23NO6/c1-21(2,3)22(13-18(23)24)20(26)28-14-27-19(25)17-12-8-7-11-16(17)15-9-5-4-6-10-15/h4-12H,13-14H2,1-3H3,(H,23,24). The number of benzene rings is 2. The first-order chi connectivity index (χ1) is 13.2. The lowest BCUT2D eigenvalue weighted by Gasteiger charge is -2.33. The lowest BCUT2D eigenvalue weighted by atomic mass is 10.00. The summed E-state index contributed by atoms with van der Waals surface area (Å²) in [5.41, 5.74) is 1.12. The number of carboxylic acids is 1. The summed E-state index contributed by atoms with van der Waals surface area (Å²) in [6, 6.07) is 16.3. The number of carbonyl (C=O) groups is 3. The zero-order valence-corrected chi connectivity index (χ0v) is 16.0. The maximum absolute atomic E-state index is 12.4. The molecule has 7 heteroatoms. The molecule has 1 N–H and O–H groups in total. The van der Waals surface area contributed by atoms with Crippen molar-refractivity contribution in [1.29, 1.82) is 0 Å². The van der Waals surface area contributed by atoms with Gasteiger partial charge in [-0.3, -0.25) is 9.69 Å². The number of hydrogen-bond donors (Lipinski definition) is 1. The summed E-state index contributed by atoms with van der Waals surface area (Å²) >= 11 is 0. The number of ether oxygens (including phenoxy) is 2. The zero-order chi connectivity index (χ0) is 20.7. The summed E-state index contributed by atoms with van der Waals surface area (Å²) < 4.78 is 10.0. The molecule has 0 aliphatic rings. The van der Waals surface area contributed by atoms with Crippen LogP contribution in [0.1, 0.15) is 31.1 Å². The average molecular weight is 385 g/mol. The third kappa shape index (κ3) is 5.57. The third-order valence-corrected chi connectivity index (χ3v) is 3.93. The van der Waals surface area contributed by atoms with E-state index in [1.807, 2.05) is 36.4 Å². The van der Waals surface area contributed by atoms with Crippen LogP contribution < -0.4 is 0 Å². The van der Waals surface area contributed by atoms with Gasteiger partial charge in [0.1, 0.15) is 6.54 Å². The van der Waals surface area contributed by atoms with Crippen molar-refractivity contribution in [2.75, 3.05) is 13.3 Å². The van der Waals surface area contributed by atoms with Crippen molar-refractivity contribution in [3.63, 3.8) is 0 Å². The van der Waals surface area contributed by atoms with Gasteiger partial charge < -0.3 is 14.6 Å². The van der Waals surface area contributed by atoms with E-state index in [1.54, 1.807) is 39.0 Å². The number of hydrogen-bond acceptors (Lipinski definition) is 5. The molecule has 0 radical (unpaired) electrons. The first-order valence-corrected chi connectivity index (χ1v) is 8.68. The minimum absolute atomic E-state index is 0.336. The Morgan fingerprint density at radius 1 is 0.929 bits per heavy atom. The fourth-order valence-corrected chi connectivity index (χ4v) is 2.53. The van der Waals surface area contributed by atoms with Gasteiger partial charge in [0.25, 0.3) is 0 Å². The van der Waals surface area contributed by atoms with Crippen LogP contribution in [0.4, 0.5) is 4.79 Å². The molecule has 0 saturated carbocycles. The van der Waals surface area contributed by atoms with Gasteiger partial charge in [-0.15, -0.1) is 0 Å². The van der Waals surface area contributed by atoms with Crippen LogP contribution in [0.5, 0.6) is 0 Å². The molecule has 2 rings (SSSR count). The quantitative estimate of drug-likeness (QED) is 0.601. The van der Waals surface area contributed by atoms with Gasteiger partial charge in [-0.1, -0.05) is 48.5 Å². The van der Waals surface area contributed by atoms with Crippen LogP contribution in [-0.4, -0.2) is 46.9 Å². The fraction of sp³-hybridized carbons (Fsp3) is 0.286. The van der Waals surface area contributed by atoms with Gasteiger partial charge in [0.2, 0.25) is 6.79 Å². The summed E-state index contributed by atoms with van der Waals surface area (Å²) in [5, 5.41) is 8.96. The van der Waals surface area contributed by atoms with Crippen molar-refractivity contribution in [3.05, 3.63) is 60.2 Å². The highest BCUT2D eigenvalue weighted by atomic mass is 16.7. The smallest absolute Gasteiger partial charge is 0.413 e. The molecule has 0 heterocycles. The number of esters is 1. The second kappa shape index (κ2) is 9.03. The molecular formula is C21H23NO6. The summed E-state index contributed by atoms with van der Waals surface area (Å²) in [5.74, 6) is -1.81. The SMILES string of the molecule is CC(C)(C)N(CC(=O)O)C(=O)OCOC(=O)c1ccccc1-c1ccccc1. The molecule has 0 spiro atoms. The molecule has 7 nitrogen and oxygen atoms in total. The Hall–Kier alpha value is -3.35. The lowest BCUT2D eigenvalue weighted by molar-refractivity contribution is -0.139. The molecule has 2 aromatic rings. The molecule has 0 bridgehead atoms. The van der Waals surface area contributed by atoms with Crippen molar-refractivity contribution < 1.29 is 29.0 Å². The van der Waals surface area contributed by atoms with Gasteiger partial charge in [0.15, 0.2) is 0 Å². The van der Waals surface area contributed by atoms with Gasteiger partial charge in [-0.25, -0.2) is 9.59 Å². The maximum atomic E-state index is 12.4. The van der Waals surface area contributed by atoms with E-state index in [0.29, 0.717) is 11.1 Å². The van der Waals surface area contributed by atoms with Crippen molar-refractivity contribution >= 4 is 18.0 Å². The van der Waals surface area contributed by atoms with Gasteiger partial charge >= 0.3 is 18.0 Å². The summed E-state index contributed by atoms with van der Waals surface area (Å²) in [7, 11) is 0. The molecule has 0 aliphatic carbocycles. The number of amides is 1. The summed E-state index contributed by atoms with van der Waals surface area (Å²) in [6.07, 6.45) is -0.876. The topological polar surface area (TPSA) is 93.1 Å². The van der Waals surface area contributed by atoms with E-state index in [1.165, 1.54) is 0 Å². The molecule has 0 unspecified atom stereocenters. The second-order valence-corrected chi connectivity index (χ2v) is 7.02. The van der Waals surface area contributed by atoms with E-state index < -0.39 is 36.9 Å². The van der Waals surface area contributed by atoms with E-state index in [0.717, 1.165) is 10.5 Å². The minimum atomic E-state index is -1.17. The first kappa shape index (κ1) is 21.0. The van der Waals surface area contributed by atoms with Gasteiger partial charge in [0.05, 0.1) is 5.56 Å². The van der Waals surface area contributed by atoms with Crippen LogP contribution in [0.2, 0.25) is 0 Å². The monoisotopic (exact) mass is 385 g/mol. The molecule has 0 aliphatic heterocycles. The highest BCUT2D eigenvalue weighted by molar-refractivity contribution is 5.97. The molecule has 0 atom stereocenters. The lowest BCUT2D eigenvalue weighted by Crippen LogP contribution is -2.48. The van der Waals surface area contributed by atoms with Crippen molar-refractivity contribution in [1.82, 2.24) is 4.90 Å². The predicted octanol–water partition coefficient (Wildman–Crippen LogP) is 3.79. The molecule has 0 saturated heterocycles. The Morgan fingerprint density at radius 3 is 2.14 bits per heavy atom. The highest BCUT2D eigenvalue weighted by Gasteiger charge is 2.30. The van der Waals surface area contributed by atoms with Gasteiger partial charge in [-0.2, -0.15) is 0 Å². The van der Waals surface area contributed by atoms with E-state index >= 15 is 0 Å². The summed E-state index contributed by atoms with van der Waals surface area (Å²) in [4.78, 5) is 36.6. The zero-order valence-electron chi connectivity index (χ0n) is 16.0. The van der Waals surface area contributed by atoms with Gasteiger partial charge in [0, 0.05) is 5.54 Å². The van der Waals surface area contributed by atoms with Crippen molar-refractivity contribution in [2.45, 2.75) is 26.3 Å². The number of carbonyl (C=O) groups excluding carboxylic acids is 2. The Labute approximate surface area is 163 Å². The Balaban J connectivity index is 2.03. The number of rotatable bonds is 6. The Bertz CT molecular complexity index is 841. The largest absolute Gasteiger partial charge is 0.480 e. The predicted molar refractivity (Wildman–Crippen MR) is 103 cm³/mol. The van der Waals surface area contributed by atoms with E-state index in [-0.39, 0.29) is 0 Å². The van der Waals surface area contributed by atoms with Crippen molar-refractivity contribution in [2.24, 2.45) is 0 Å². The average Bonchev–Trinajstić information content (AvgIpc) is 2.65.